The van der Waals surface area contributed by atoms with E-state index in [2.05, 4.69) is 4.98 Å². The Balaban J connectivity index is 2.12. The lowest BCUT2D eigenvalue weighted by Gasteiger charge is -2.35. The first-order valence-corrected chi connectivity index (χ1v) is 11.4. The molecule has 23 heavy (non-hydrogen) atoms. The third kappa shape index (κ3) is 4.86. The molecule has 6 heteroatoms. The summed E-state index contributed by atoms with van der Waals surface area (Å²) in [6.07, 6.45) is 2.40. The predicted molar refractivity (Wildman–Crippen MR) is 95.0 cm³/mol. The average molecular weight is 354 g/mol. The van der Waals surface area contributed by atoms with Gasteiger partial charge in [0.2, 0.25) is 0 Å². The van der Waals surface area contributed by atoms with Gasteiger partial charge in [-0.3, -0.25) is 0 Å². The van der Waals surface area contributed by atoms with Gasteiger partial charge in [-0.25, -0.2) is 9.37 Å². The van der Waals surface area contributed by atoms with Gasteiger partial charge in [0.15, 0.2) is 8.32 Å². The molecule has 0 amide bonds. The van der Waals surface area contributed by atoms with Crippen LogP contribution in [0, 0.1) is 12.7 Å². The Morgan fingerprint density at radius 2 is 2.00 bits per heavy atom. The van der Waals surface area contributed by atoms with Gasteiger partial charge in [-0.2, -0.15) is 0 Å². The number of thiazole rings is 1. The molecule has 0 radical (unpaired) electrons. The molecule has 3 nitrogen and oxygen atoms in total. The minimum atomic E-state index is -2.34. The third-order valence-electron chi connectivity index (χ3n) is 4.28. The second-order valence-corrected chi connectivity index (χ2v) is 12.8. The number of aryl methyl sites for hydroxylation is 1. The Morgan fingerprint density at radius 3 is 2.57 bits per heavy atom. The van der Waals surface area contributed by atoms with Gasteiger partial charge < -0.3 is 9.53 Å². The van der Waals surface area contributed by atoms with E-state index in [1.165, 1.54) is 12.1 Å². The first-order chi connectivity index (χ1) is 10.6. The molecule has 1 aromatic carbocycles. The SMILES string of the molecule is Cc1ncc(COc2cc(F)cc(CC(C)(C)[Si](C)(C)O)c2)s1. The highest BCUT2D eigenvalue weighted by Crippen LogP contribution is 2.39. The van der Waals surface area contributed by atoms with E-state index in [-0.39, 0.29) is 10.9 Å². The Bertz CT molecular complexity index is 679. The van der Waals surface area contributed by atoms with E-state index in [0.29, 0.717) is 18.8 Å². The lowest BCUT2D eigenvalue weighted by atomic mass is 10.0. The van der Waals surface area contributed by atoms with Crippen molar-refractivity contribution >= 4 is 19.7 Å². The van der Waals surface area contributed by atoms with Crippen molar-refractivity contribution in [1.82, 2.24) is 4.98 Å². The van der Waals surface area contributed by atoms with Crippen molar-refractivity contribution in [2.75, 3.05) is 0 Å². The molecule has 0 saturated heterocycles. The molecule has 0 fully saturated rings. The van der Waals surface area contributed by atoms with Crippen molar-refractivity contribution in [3.63, 3.8) is 0 Å². The van der Waals surface area contributed by atoms with Crippen molar-refractivity contribution in [2.24, 2.45) is 0 Å². The zero-order valence-electron chi connectivity index (χ0n) is 14.3. The van der Waals surface area contributed by atoms with E-state index in [9.17, 15) is 9.19 Å². The van der Waals surface area contributed by atoms with Crippen LogP contribution in [-0.2, 0) is 13.0 Å². The minimum Gasteiger partial charge on any atom is -0.488 e. The number of rotatable bonds is 6. The number of nitrogens with zero attached hydrogens (tertiary/aromatic N) is 1. The van der Waals surface area contributed by atoms with E-state index >= 15 is 0 Å². The van der Waals surface area contributed by atoms with Gasteiger partial charge in [-0.05, 0) is 49.2 Å². The molecule has 0 saturated carbocycles. The highest BCUT2D eigenvalue weighted by atomic mass is 32.1. The van der Waals surface area contributed by atoms with Gasteiger partial charge in [-0.1, -0.05) is 13.8 Å². The summed E-state index contributed by atoms with van der Waals surface area (Å²) < 4.78 is 19.6. The number of ether oxygens (including phenoxy) is 1. The maximum Gasteiger partial charge on any atom is 0.188 e. The second kappa shape index (κ2) is 6.71. The van der Waals surface area contributed by atoms with Gasteiger partial charge in [-0.15, -0.1) is 11.3 Å². The number of hydrogen-bond acceptors (Lipinski definition) is 4. The molecule has 0 spiro atoms. The van der Waals surface area contributed by atoms with Crippen LogP contribution in [0.15, 0.2) is 24.4 Å². The monoisotopic (exact) mass is 353 g/mol. The van der Waals surface area contributed by atoms with Crippen molar-refractivity contribution in [1.29, 1.82) is 0 Å². The molecular formula is C17H24FNO2SSi. The normalized spacial score (nSPS) is 12.5. The molecule has 2 aromatic rings. The van der Waals surface area contributed by atoms with Gasteiger partial charge in [0.1, 0.15) is 18.2 Å². The summed E-state index contributed by atoms with van der Waals surface area (Å²) in [5.74, 6) is 0.200. The van der Waals surface area contributed by atoms with E-state index in [4.69, 9.17) is 4.74 Å². The van der Waals surface area contributed by atoms with Crippen LogP contribution in [0.1, 0.15) is 29.3 Å². The average Bonchev–Trinajstić information content (AvgIpc) is 2.79. The number of halogens is 1. The molecule has 0 aliphatic carbocycles. The largest absolute Gasteiger partial charge is 0.488 e. The molecule has 0 aliphatic heterocycles. The Hall–Kier alpha value is -1.24. The lowest BCUT2D eigenvalue weighted by Crippen LogP contribution is -2.40. The fourth-order valence-corrected chi connectivity index (χ4v) is 3.50. The standard InChI is InChI=1S/C17H24FNO2SSi/c1-12-19-10-16(22-12)11-21-15-7-13(6-14(18)8-15)9-17(2,3)23(4,5)20/h6-8,10,20H,9,11H2,1-5H3. The summed E-state index contributed by atoms with van der Waals surface area (Å²) in [5.41, 5.74) is 0.847. The van der Waals surface area contributed by atoms with Crippen LogP contribution in [0.5, 0.6) is 5.75 Å². The number of benzene rings is 1. The summed E-state index contributed by atoms with van der Waals surface area (Å²) in [6, 6.07) is 4.77. The summed E-state index contributed by atoms with van der Waals surface area (Å²) in [4.78, 5) is 15.6. The first-order valence-electron chi connectivity index (χ1n) is 7.63. The summed E-state index contributed by atoms with van der Waals surface area (Å²) >= 11 is 1.57. The lowest BCUT2D eigenvalue weighted by molar-refractivity contribution is 0.307. The fourth-order valence-electron chi connectivity index (χ4n) is 2.16. The molecule has 2 rings (SSSR count). The Morgan fingerprint density at radius 1 is 1.30 bits per heavy atom. The highest BCUT2D eigenvalue weighted by molar-refractivity contribution is 7.11. The fraction of sp³-hybridized carbons (Fsp3) is 0.471. The smallest absolute Gasteiger partial charge is 0.188 e. The van der Waals surface area contributed by atoms with Crippen LogP contribution in [0.2, 0.25) is 18.1 Å². The molecule has 1 aromatic heterocycles. The Labute approximate surface area is 142 Å². The zero-order valence-corrected chi connectivity index (χ0v) is 16.1. The number of hydrogen-bond donors (Lipinski definition) is 1. The highest BCUT2D eigenvalue weighted by Gasteiger charge is 2.38. The second-order valence-electron chi connectivity index (χ2n) is 7.05. The van der Waals surface area contributed by atoms with Crippen LogP contribution >= 0.6 is 11.3 Å². The van der Waals surface area contributed by atoms with E-state index in [1.807, 2.05) is 39.9 Å². The minimum absolute atomic E-state index is 0.243. The van der Waals surface area contributed by atoms with Gasteiger partial charge >= 0.3 is 0 Å². The van der Waals surface area contributed by atoms with Crippen LogP contribution < -0.4 is 4.74 Å². The molecule has 1 N–H and O–H groups in total. The van der Waals surface area contributed by atoms with Gasteiger partial charge in [0, 0.05) is 12.3 Å². The Kier molecular flexibility index (Phi) is 5.28. The topological polar surface area (TPSA) is 42.4 Å². The molecular weight excluding hydrogens is 329 g/mol. The van der Waals surface area contributed by atoms with Crippen LogP contribution in [0.4, 0.5) is 4.39 Å². The molecule has 0 aliphatic rings. The van der Waals surface area contributed by atoms with Crippen molar-refractivity contribution in [3.05, 3.63) is 45.7 Å². The predicted octanol–water partition coefficient (Wildman–Crippen LogP) is 4.69. The molecule has 0 bridgehead atoms. The summed E-state index contributed by atoms with van der Waals surface area (Å²) in [5, 5.41) is 0.743. The van der Waals surface area contributed by atoms with E-state index < -0.39 is 8.32 Å². The summed E-state index contributed by atoms with van der Waals surface area (Å²) in [6.45, 7) is 10.2. The van der Waals surface area contributed by atoms with Gasteiger partial charge in [0.25, 0.3) is 0 Å². The van der Waals surface area contributed by atoms with Crippen LogP contribution in [0.3, 0.4) is 0 Å². The van der Waals surface area contributed by atoms with Crippen molar-refractivity contribution < 1.29 is 13.9 Å². The van der Waals surface area contributed by atoms with Crippen molar-refractivity contribution in [2.45, 2.75) is 51.9 Å². The zero-order chi connectivity index (χ0) is 17.3. The molecule has 1 heterocycles. The first kappa shape index (κ1) is 18.1. The van der Waals surface area contributed by atoms with Crippen LogP contribution in [0.25, 0.3) is 0 Å². The molecule has 0 atom stereocenters. The van der Waals surface area contributed by atoms with Gasteiger partial charge in [0.05, 0.1) is 9.88 Å². The summed E-state index contributed by atoms with van der Waals surface area (Å²) in [7, 11) is -2.34. The molecule has 0 unspecified atom stereocenters. The maximum atomic E-state index is 13.9. The van der Waals surface area contributed by atoms with Crippen molar-refractivity contribution in [3.8, 4) is 5.75 Å². The van der Waals surface area contributed by atoms with E-state index in [0.717, 1.165) is 15.4 Å². The quantitative estimate of drug-likeness (QED) is 0.766. The van der Waals surface area contributed by atoms with Crippen LogP contribution in [-0.4, -0.2) is 18.1 Å². The van der Waals surface area contributed by atoms with E-state index in [1.54, 1.807) is 17.5 Å². The third-order valence-corrected chi connectivity index (χ3v) is 8.66. The maximum absolute atomic E-state index is 13.9. The molecule has 126 valence electrons. The number of aromatic nitrogens is 1.